The number of hydrogen-bond acceptors (Lipinski definition) is 7. The number of benzene rings is 1. The monoisotopic (exact) mass is 376 g/mol. The van der Waals surface area contributed by atoms with Crippen molar-refractivity contribution in [2.24, 2.45) is 0 Å². The molecule has 3 N–H and O–H groups in total. The third-order valence-corrected chi connectivity index (χ3v) is 5.18. The van der Waals surface area contributed by atoms with Gasteiger partial charge in [-0.15, -0.1) is 17.8 Å². The number of nitrogens with zero attached hydrogens (tertiary/aromatic N) is 5. The van der Waals surface area contributed by atoms with Gasteiger partial charge >= 0.3 is 0 Å². The maximum Gasteiger partial charge on any atom is 0.221 e. The molecule has 27 heavy (non-hydrogen) atoms. The van der Waals surface area contributed by atoms with Crippen LogP contribution < -0.4 is 5.73 Å². The number of aliphatic hydroxyl groups is 1. The van der Waals surface area contributed by atoms with E-state index in [1.165, 1.54) is 11.3 Å². The van der Waals surface area contributed by atoms with Crippen LogP contribution in [0.2, 0.25) is 0 Å². The number of aryl methyl sites for hydroxylation is 1. The highest BCUT2D eigenvalue weighted by Crippen LogP contribution is 2.29. The van der Waals surface area contributed by atoms with Crippen LogP contribution in [0.3, 0.4) is 0 Å². The van der Waals surface area contributed by atoms with E-state index in [2.05, 4.69) is 25.9 Å². The molecule has 0 aliphatic heterocycles. The number of nitrogen functional groups attached to an aromatic ring is 1. The Morgan fingerprint density at radius 3 is 2.81 bits per heavy atom. The van der Waals surface area contributed by atoms with Crippen LogP contribution in [-0.2, 0) is 12.0 Å². The van der Waals surface area contributed by atoms with Crippen LogP contribution in [0.1, 0.15) is 16.4 Å². The normalized spacial score (nSPS) is 13.4. The first kappa shape index (κ1) is 17.1. The molecule has 3 aromatic heterocycles. The lowest BCUT2D eigenvalue weighted by Gasteiger charge is -2.19. The van der Waals surface area contributed by atoms with E-state index in [-0.39, 0.29) is 12.4 Å². The van der Waals surface area contributed by atoms with Crippen molar-refractivity contribution >= 4 is 28.3 Å². The Labute approximate surface area is 159 Å². The van der Waals surface area contributed by atoms with E-state index in [0.717, 1.165) is 22.4 Å². The van der Waals surface area contributed by atoms with Crippen molar-refractivity contribution in [1.82, 2.24) is 24.5 Å². The molecule has 3 heterocycles. The highest BCUT2D eigenvalue weighted by molar-refractivity contribution is 7.09. The first-order chi connectivity index (χ1) is 13.0. The molecular weight excluding hydrogens is 360 g/mol. The van der Waals surface area contributed by atoms with Crippen molar-refractivity contribution in [3.63, 3.8) is 0 Å². The van der Waals surface area contributed by atoms with Crippen molar-refractivity contribution in [2.75, 3.05) is 5.73 Å². The molecule has 4 aromatic rings. The lowest BCUT2D eigenvalue weighted by Crippen LogP contribution is -2.26. The van der Waals surface area contributed by atoms with E-state index in [1.54, 1.807) is 23.8 Å². The predicted molar refractivity (Wildman–Crippen MR) is 104 cm³/mol. The Balaban J connectivity index is 1.81. The van der Waals surface area contributed by atoms with Gasteiger partial charge in [-0.2, -0.15) is 4.98 Å². The molecule has 134 valence electrons. The average molecular weight is 376 g/mol. The molecule has 8 heteroatoms. The Hall–Kier alpha value is -3.28. The maximum absolute atomic E-state index is 10.9. The Kier molecular flexibility index (Phi) is 4.11. The van der Waals surface area contributed by atoms with Crippen molar-refractivity contribution in [1.29, 1.82) is 0 Å². The van der Waals surface area contributed by atoms with Gasteiger partial charge in [-0.25, -0.2) is 15.0 Å². The summed E-state index contributed by atoms with van der Waals surface area (Å²) in [5, 5.41) is 13.2. The zero-order chi connectivity index (χ0) is 19.0. The number of fused-ring (bicyclic) bond motifs is 1. The minimum atomic E-state index is -1.46. The zero-order valence-corrected chi connectivity index (χ0v) is 15.3. The van der Waals surface area contributed by atoms with Crippen LogP contribution in [0.15, 0.2) is 42.0 Å². The first-order valence-corrected chi connectivity index (χ1v) is 9.05. The van der Waals surface area contributed by atoms with Crippen molar-refractivity contribution in [3.05, 3.63) is 58.4 Å². The summed E-state index contributed by atoms with van der Waals surface area (Å²) < 4.78 is 1.90. The number of rotatable bonds is 4. The van der Waals surface area contributed by atoms with Gasteiger partial charge in [-0.3, -0.25) is 4.57 Å². The number of terminal acetylenes is 1. The topological polar surface area (TPSA) is 103 Å². The fourth-order valence-electron chi connectivity index (χ4n) is 3.04. The van der Waals surface area contributed by atoms with Crippen molar-refractivity contribution < 1.29 is 5.11 Å². The SMILES string of the molecule is C#CC(O)(Cc1ccc2nc(C)n(-c3ccnc(N)n3)c2c1)c1nccs1. The molecular formula is C19H16N6OS. The van der Waals surface area contributed by atoms with E-state index < -0.39 is 5.60 Å². The maximum atomic E-state index is 10.9. The molecule has 0 spiro atoms. The van der Waals surface area contributed by atoms with Gasteiger partial charge in [0, 0.05) is 24.2 Å². The van der Waals surface area contributed by atoms with Gasteiger partial charge in [0.2, 0.25) is 5.95 Å². The van der Waals surface area contributed by atoms with E-state index >= 15 is 0 Å². The summed E-state index contributed by atoms with van der Waals surface area (Å²) in [7, 11) is 0. The highest BCUT2D eigenvalue weighted by Gasteiger charge is 2.30. The highest BCUT2D eigenvalue weighted by atomic mass is 32.1. The molecule has 4 rings (SSSR count). The second kappa shape index (κ2) is 6.46. The molecule has 1 atom stereocenters. The van der Waals surface area contributed by atoms with Crippen LogP contribution in [0, 0.1) is 19.3 Å². The standard InChI is InChI=1S/C19H16N6OS/c1-3-19(26,17-21-8-9-27-17)11-13-4-5-14-15(10-13)25(12(2)23-14)16-6-7-22-18(20)24-16/h1,4-10,26H,11H2,2H3,(H2,20,22,24). The minimum Gasteiger partial charge on any atom is -0.371 e. The second-order valence-corrected chi connectivity index (χ2v) is 7.00. The lowest BCUT2D eigenvalue weighted by atomic mass is 9.95. The Bertz CT molecular complexity index is 1160. The van der Waals surface area contributed by atoms with Gasteiger partial charge in [0.05, 0.1) is 11.0 Å². The molecule has 0 fully saturated rings. The molecule has 7 nitrogen and oxygen atoms in total. The van der Waals surface area contributed by atoms with Crippen LogP contribution in [-0.4, -0.2) is 29.6 Å². The van der Waals surface area contributed by atoms with Gasteiger partial charge in [0.25, 0.3) is 0 Å². The molecule has 0 aliphatic carbocycles. The van der Waals surface area contributed by atoms with Gasteiger partial charge in [-0.1, -0.05) is 12.0 Å². The quantitative estimate of drug-likeness (QED) is 0.530. The van der Waals surface area contributed by atoms with Crippen molar-refractivity contribution in [3.8, 4) is 18.2 Å². The number of hydrogen-bond donors (Lipinski definition) is 2. The van der Waals surface area contributed by atoms with Gasteiger partial charge < -0.3 is 10.8 Å². The summed E-state index contributed by atoms with van der Waals surface area (Å²) in [5.41, 5.74) is 6.79. The van der Waals surface area contributed by atoms with Gasteiger partial charge in [-0.05, 0) is 30.7 Å². The molecule has 0 bridgehead atoms. The predicted octanol–water partition coefficient (Wildman–Crippen LogP) is 2.23. The summed E-state index contributed by atoms with van der Waals surface area (Å²) in [4.78, 5) is 17.0. The number of thiazole rings is 1. The third kappa shape index (κ3) is 3.03. The first-order valence-electron chi connectivity index (χ1n) is 8.17. The molecule has 0 aliphatic rings. The summed E-state index contributed by atoms with van der Waals surface area (Å²) in [6.07, 6.45) is 9.09. The molecule has 0 radical (unpaired) electrons. The molecule has 1 aromatic carbocycles. The van der Waals surface area contributed by atoms with Gasteiger partial charge in [0.1, 0.15) is 16.6 Å². The number of imidazole rings is 1. The van der Waals surface area contributed by atoms with Crippen LogP contribution in [0.4, 0.5) is 5.95 Å². The summed E-state index contributed by atoms with van der Waals surface area (Å²) in [5.74, 6) is 4.07. The smallest absolute Gasteiger partial charge is 0.221 e. The number of anilines is 1. The summed E-state index contributed by atoms with van der Waals surface area (Å²) in [6, 6.07) is 7.52. The lowest BCUT2D eigenvalue weighted by molar-refractivity contribution is 0.101. The molecule has 1 unspecified atom stereocenters. The second-order valence-electron chi connectivity index (χ2n) is 6.11. The molecule has 0 amide bonds. The summed E-state index contributed by atoms with van der Waals surface area (Å²) in [6.45, 7) is 1.89. The molecule has 0 saturated heterocycles. The largest absolute Gasteiger partial charge is 0.371 e. The molecule has 0 saturated carbocycles. The summed E-state index contributed by atoms with van der Waals surface area (Å²) >= 11 is 1.33. The Morgan fingerprint density at radius 2 is 2.11 bits per heavy atom. The fraction of sp³-hybridized carbons (Fsp3) is 0.158. The fourth-order valence-corrected chi connectivity index (χ4v) is 3.74. The number of nitrogens with two attached hydrogens (primary N) is 1. The van der Waals surface area contributed by atoms with Gasteiger partial charge in [0.15, 0.2) is 5.60 Å². The van der Waals surface area contributed by atoms with E-state index in [0.29, 0.717) is 10.8 Å². The van der Waals surface area contributed by atoms with E-state index in [4.69, 9.17) is 12.2 Å². The minimum absolute atomic E-state index is 0.190. The van der Waals surface area contributed by atoms with Crippen LogP contribution >= 0.6 is 11.3 Å². The van der Waals surface area contributed by atoms with Crippen molar-refractivity contribution in [2.45, 2.75) is 18.9 Å². The third-order valence-electron chi connectivity index (χ3n) is 4.26. The van der Waals surface area contributed by atoms with Crippen LogP contribution in [0.25, 0.3) is 16.9 Å². The van der Waals surface area contributed by atoms with E-state index in [9.17, 15) is 5.11 Å². The van der Waals surface area contributed by atoms with Crippen LogP contribution in [0.5, 0.6) is 0 Å². The average Bonchev–Trinajstić information content (AvgIpc) is 3.29. The van der Waals surface area contributed by atoms with E-state index in [1.807, 2.05) is 29.7 Å². The number of aromatic nitrogens is 5. The zero-order valence-electron chi connectivity index (χ0n) is 14.5. The Morgan fingerprint density at radius 1 is 1.26 bits per heavy atom.